The van der Waals surface area contributed by atoms with Crippen LogP contribution in [0.2, 0.25) is 0 Å². The van der Waals surface area contributed by atoms with E-state index in [-0.39, 0.29) is 0 Å². The van der Waals surface area contributed by atoms with E-state index >= 15 is 0 Å². The minimum absolute atomic E-state index is 0.476. The monoisotopic (exact) mass is 576 g/mol. The average molecular weight is 577 g/mol. The lowest BCUT2D eigenvalue weighted by Crippen LogP contribution is -2.41. The molecule has 0 unspecified atom stereocenters. The van der Waals surface area contributed by atoms with Crippen molar-refractivity contribution in [3.8, 4) is 0 Å². The molecule has 12 heteroatoms. The molecule has 2 aliphatic carbocycles. The average Bonchev–Trinajstić information content (AvgIpc) is 2.91. The zero-order valence-electron chi connectivity index (χ0n) is 21.8. The molecule has 2 aromatic carbocycles. The van der Waals surface area contributed by atoms with Crippen molar-refractivity contribution in [1.29, 1.82) is 0 Å². The van der Waals surface area contributed by atoms with E-state index in [1.807, 2.05) is 24.3 Å². The summed E-state index contributed by atoms with van der Waals surface area (Å²) in [5.74, 6) is 0. The van der Waals surface area contributed by atoms with Gasteiger partial charge in [0.1, 0.15) is 0 Å². The Morgan fingerprint density at radius 2 is 0.897 bits per heavy atom. The Bertz CT molecular complexity index is 1240. The van der Waals surface area contributed by atoms with Crippen molar-refractivity contribution >= 4 is 43.5 Å². The van der Waals surface area contributed by atoms with E-state index in [0.717, 1.165) is 49.7 Å². The molecule has 0 bridgehead atoms. The van der Waals surface area contributed by atoms with Crippen LogP contribution < -0.4 is 20.1 Å². The van der Waals surface area contributed by atoms with Crippen LogP contribution in [0.3, 0.4) is 0 Å². The lowest BCUT2D eigenvalue weighted by molar-refractivity contribution is 0.255. The summed E-state index contributed by atoms with van der Waals surface area (Å²) >= 11 is 0. The van der Waals surface area contributed by atoms with E-state index in [9.17, 15) is 26.4 Å². The van der Waals surface area contributed by atoms with Gasteiger partial charge in [0.25, 0.3) is 0 Å². The second-order valence-corrected chi connectivity index (χ2v) is 14.2. The zero-order chi connectivity index (χ0) is 27.9. The Morgan fingerprint density at radius 3 is 1.23 bits per heavy atom. The first-order valence-corrected chi connectivity index (χ1v) is 16.5. The first-order chi connectivity index (χ1) is 18.6. The number of carbonyl (C=O) groups excluding carboxylic acids is 2. The van der Waals surface area contributed by atoms with Gasteiger partial charge >= 0.3 is 12.1 Å². The first-order valence-electron chi connectivity index (χ1n) is 13.4. The number of rotatable bonds is 8. The molecule has 2 saturated carbocycles. The van der Waals surface area contributed by atoms with Gasteiger partial charge in [-0.05, 0) is 67.5 Å². The molecule has 0 aromatic heterocycles. The first kappa shape index (κ1) is 28.9. The minimum atomic E-state index is -3.70. The Kier molecular flexibility index (Phi) is 9.49. The summed E-state index contributed by atoms with van der Waals surface area (Å²) in [7, 11) is -7.40. The van der Waals surface area contributed by atoms with Gasteiger partial charge in [-0.25, -0.2) is 35.9 Å². The third-order valence-corrected chi connectivity index (χ3v) is 10.9. The molecule has 0 heterocycles. The van der Waals surface area contributed by atoms with Crippen LogP contribution in [0, 0.1) is 0 Å². The second-order valence-electron chi connectivity index (χ2n) is 10.3. The Morgan fingerprint density at radius 1 is 0.564 bits per heavy atom. The number of hydrogen-bond acceptors (Lipinski definition) is 6. The summed E-state index contributed by atoms with van der Waals surface area (Å²) in [5, 5.41) is 4.10. The number of anilines is 2. The van der Waals surface area contributed by atoms with Crippen molar-refractivity contribution in [2.75, 3.05) is 10.6 Å². The van der Waals surface area contributed by atoms with Crippen molar-refractivity contribution in [3.63, 3.8) is 0 Å². The van der Waals surface area contributed by atoms with Gasteiger partial charge in [-0.2, -0.15) is 0 Å². The summed E-state index contributed by atoms with van der Waals surface area (Å²) in [4.78, 5) is 24.5. The highest BCUT2D eigenvalue weighted by atomic mass is 32.2. The van der Waals surface area contributed by atoms with Gasteiger partial charge < -0.3 is 10.6 Å². The minimum Gasteiger partial charge on any atom is -0.307 e. The summed E-state index contributed by atoms with van der Waals surface area (Å²) in [6.45, 7) is 0. The van der Waals surface area contributed by atoms with E-state index in [1.54, 1.807) is 24.3 Å². The Hall–Kier alpha value is -3.12. The maximum Gasteiger partial charge on any atom is 0.332 e. The second kappa shape index (κ2) is 12.8. The summed E-state index contributed by atoms with van der Waals surface area (Å²) < 4.78 is 54.0. The van der Waals surface area contributed by atoms with Crippen molar-refractivity contribution < 1.29 is 26.4 Å². The molecule has 0 atom stereocenters. The summed E-state index contributed by atoms with van der Waals surface area (Å²) in [5.41, 5.74) is 2.88. The fourth-order valence-electron chi connectivity index (χ4n) is 5.14. The summed E-state index contributed by atoms with van der Waals surface area (Å²) in [6.07, 6.45) is 8.35. The predicted molar refractivity (Wildman–Crippen MR) is 152 cm³/mol. The van der Waals surface area contributed by atoms with Crippen LogP contribution in [0.1, 0.15) is 75.3 Å². The maximum absolute atomic E-state index is 12.4. The van der Waals surface area contributed by atoms with Gasteiger partial charge in [-0.3, -0.25) is 0 Å². The van der Waals surface area contributed by atoms with Gasteiger partial charge in [0.15, 0.2) is 0 Å². The van der Waals surface area contributed by atoms with Crippen molar-refractivity contribution in [1.82, 2.24) is 9.44 Å². The number of sulfonamides is 2. The molecule has 2 aliphatic rings. The molecule has 10 nitrogen and oxygen atoms in total. The quantitative estimate of drug-likeness (QED) is 0.353. The molecule has 0 saturated heterocycles. The molecule has 212 valence electrons. The Labute approximate surface area is 230 Å². The van der Waals surface area contributed by atoms with Crippen molar-refractivity contribution in [3.05, 3.63) is 59.7 Å². The number of amides is 4. The van der Waals surface area contributed by atoms with Crippen molar-refractivity contribution in [2.45, 2.75) is 81.1 Å². The van der Waals surface area contributed by atoms with Gasteiger partial charge in [-0.15, -0.1) is 0 Å². The SMILES string of the molecule is O=C(Nc1ccc(Cc2ccc(NC(=O)NS(=O)(=O)C3CCCCC3)cc2)cc1)NS(=O)(=O)C1CCCCC1. The van der Waals surface area contributed by atoms with Crippen LogP contribution in [0.25, 0.3) is 0 Å². The maximum atomic E-state index is 12.4. The summed E-state index contributed by atoms with van der Waals surface area (Å²) in [6, 6.07) is 12.6. The van der Waals surface area contributed by atoms with Gasteiger partial charge in [0, 0.05) is 11.4 Å². The van der Waals surface area contributed by atoms with Crippen LogP contribution in [0.5, 0.6) is 0 Å². The van der Waals surface area contributed by atoms with E-state index in [2.05, 4.69) is 20.1 Å². The smallest absolute Gasteiger partial charge is 0.307 e. The molecule has 4 rings (SSSR count). The van der Waals surface area contributed by atoms with E-state index in [0.29, 0.717) is 43.5 Å². The van der Waals surface area contributed by atoms with Gasteiger partial charge in [-0.1, -0.05) is 62.8 Å². The van der Waals surface area contributed by atoms with Gasteiger partial charge in [0.2, 0.25) is 20.0 Å². The van der Waals surface area contributed by atoms with Gasteiger partial charge in [0.05, 0.1) is 10.5 Å². The van der Waals surface area contributed by atoms with Crippen LogP contribution in [0.15, 0.2) is 48.5 Å². The van der Waals surface area contributed by atoms with Crippen molar-refractivity contribution in [2.24, 2.45) is 0 Å². The molecule has 39 heavy (non-hydrogen) atoms. The van der Waals surface area contributed by atoms with Crippen LogP contribution in [-0.4, -0.2) is 39.4 Å². The highest BCUT2D eigenvalue weighted by molar-refractivity contribution is 7.91. The number of nitrogens with one attached hydrogen (secondary N) is 4. The molecule has 2 aromatic rings. The fourth-order valence-corrected chi connectivity index (χ4v) is 8.00. The molecule has 2 fully saturated rings. The van der Waals surface area contributed by atoms with Crippen LogP contribution in [-0.2, 0) is 26.5 Å². The molecule has 4 N–H and O–H groups in total. The third kappa shape index (κ3) is 8.43. The normalized spacial score (nSPS) is 17.2. The van der Waals surface area contributed by atoms with E-state index in [1.165, 1.54) is 0 Å². The molecular weight excluding hydrogens is 540 g/mol. The lowest BCUT2D eigenvalue weighted by Gasteiger charge is -2.21. The Balaban J connectivity index is 1.25. The number of carbonyl (C=O) groups is 2. The topological polar surface area (TPSA) is 151 Å². The highest BCUT2D eigenvalue weighted by Gasteiger charge is 2.29. The molecular formula is C27H36N4O6S2. The number of urea groups is 2. The molecule has 0 spiro atoms. The fraction of sp³-hybridized carbons (Fsp3) is 0.481. The van der Waals surface area contributed by atoms with E-state index < -0.39 is 42.6 Å². The molecule has 0 radical (unpaired) electrons. The third-order valence-electron chi connectivity index (χ3n) is 7.28. The van der Waals surface area contributed by atoms with Crippen LogP contribution in [0.4, 0.5) is 21.0 Å². The zero-order valence-corrected chi connectivity index (χ0v) is 23.5. The van der Waals surface area contributed by atoms with Crippen LogP contribution >= 0.6 is 0 Å². The number of hydrogen-bond donors (Lipinski definition) is 4. The molecule has 4 amide bonds. The number of benzene rings is 2. The molecule has 0 aliphatic heterocycles. The largest absolute Gasteiger partial charge is 0.332 e. The highest BCUT2D eigenvalue weighted by Crippen LogP contribution is 2.24. The standard InChI is InChI=1S/C27H36N4O6S2/c32-26(30-38(34,35)24-7-3-1-4-8-24)28-22-15-11-20(12-16-22)19-21-13-17-23(18-14-21)29-27(33)31-39(36,37)25-9-5-2-6-10-25/h11-18,24-25H,1-10,19H2,(H2,28,30,32)(H2,29,31,33). The lowest BCUT2D eigenvalue weighted by atomic mass is 10.0. The predicted octanol–water partition coefficient (Wildman–Crippen LogP) is 4.85. The van der Waals surface area contributed by atoms with E-state index in [4.69, 9.17) is 0 Å².